The molecule has 2 bridgehead atoms. The van der Waals surface area contributed by atoms with Gasteiger partial charge in [-0.3, -0.25) is 14.5 Å². The van der Waals surface area contributed by atoms with E-state index in [0.717, 1.165) is 0 Å². The SMILES string of the molecule is O=C1CSC(=S)N1C12CC(C(=O)O)(C1)C2. The lowest BCUT2D eigenvalue weighted by atomic mass is 9.39. The number of thiocarbonyl (C=S) groups is 1. The quantitative estimate of drug-likeness (QED) is 0.729. The minimum Gasteiger partial charge on any atom is -0.481 e. The van der Waals surface area contributed by atoms with E-state index in [0.29, 0.717) is 29.3 Å². The zero-order valence-electron chi connectivity index (χ0n) is 7.86. The topological polar surface area (TPSA) is 57.6 Å². The predicted molar refractivity (Wildman–Crippen MR) is 58.6 cm³/mol. The molecule has 80 valence electrons. The highest BCUT2D eigenvalue weighted by molar-refractivity contribution is 8.23. The molecule has 0 aromatic carbocycles. The number of aliphatic carboxylic acids is 1. The van der Waals surface area contributed by atoms with Crippen LogP contribution in [0.25, 0.3) is 0 Å². The molecular weight excluding hydrogens is 234 g/mol. The molecule has 0 unspecified atom stereocenters. The first-order valence-electron chi connectivity index (χ1n) is 4.72. The van der Waals surface area contributed by atoms with Crippen LogP contribution < -0.4 is 0 Å². The van der Waals surface area contributed by atoms with Gasteiger partial charge in [0.15, 0.2) is 0 Å². The average molecular weight is 243 g/mol. The Labute approximate surface area is 96.0 Å². The second-order valence-electron chi connectivity index (χ2n) is 4.62. The lowest BCUT2D eigenvalue weighted by Gasteiger charge is -2.70. The zero-order chi connectivity index (χ0) is 10.8. The van der Waals surface area contributed by atoms with E-state index >= 15 is 0 Å². The molecule has 0 aromatic rings. The van der Waals surface area contributed by atoms with Crippen molar-refractivity contribution in [3.8, 4) is 0 Å². The second-order valence-corrected chi connectivity index (χ2v) is 6.23. The molecule has 0 spiro atoms. The third-order valence-corrected chi connectivity index (χ3v) is 5.04. The molecule has 4 aliphatic rings. The Kier molecular flexibility index (Phi) is 1.63. The number of hydrogen-bond acceptors (Lipinski definition) is 4. The Balaban J connectivity index is 1.81. The van der Waals surface area contributed by atoms with E-state index in [4.69, 9.17) is 17.3 Å². The molecule has 15 heavy (non-hydrogen) atoms. The summed E-state index contributed by atoms with van der Waals surface area (Å²) in [6.07, 6.45) is 1.76. The van der Waals surface area contributed by atoms with Crippen LogP contribution in [-0.4, -0.2) is 37.5 Å². The number of rotatable bonds is 2. The van der Waals surface area contributed by atoms with Crippen molar-refractivity contribution in [1.29, 1.82) is 0 Å². The number of nitrogens with zero attached hydrogens (tertiary/aromatic N) is 1. The number of carboxylic acid groups (broad SMARTS) is 1. The van der Waals surface area contributed by atoms with E-state index < -0.39 is 11.4 Å². The summed E-state index contributed by atoms with van der Waals surface area (Å²) in [5, 5.41) is 8.98. The Hall–Kier alpha value is -0.620. The summed E-state index contributed by atoms with van der Waals surface area (Å²) in [6, 6.07) is 0. The molecule has 4 nitrogen and oxygen atoms in total. The maximum atomic E-state index is 11.6. The highest BCUT2D eigenvalue weighted by Crippen LogP contribution is 2.70. The normalized spacial score (nSPS) is 42.5. The van der Waals surface area contributed by atoms with Crippen molar-refractivity contribution < 1.29 is 14.7 Å². The molecule has 3 saturated carbocycles. The molecule has 0 atom stereocenters. The van der Waals surface area contributed by atoms with Gasteiger partial charge in [0.05, 0.1) is 16.7 Å². The van der Waals surface area contributed by atoms with Gasteiger partial charge in [0.1, 0.15) is 4.32 Å². The maximum Gasteiger partial charge on any atom is 0.309 e. The molecule has 1 amide bonds. The van der Waals surface area contributed by atoms with Gasteiger partial charge in [-0.1, -0.05) is 24.0 Å². The Morgan fingerprint density at radius 1 is 1.47 bits per heavy atom. The van der Waals surface area contributed by atoms with Crippen LogP contribution in [0.4, 0.5) is 0 Å². The van der Waals surface area contributed by atoms with E-state index in [-0.39, 0.29) is 11.4 Å². The Morgan fingerprint density at radius 2 is 2.07 bits per heavy atom. The number of carbonyl (C=O) groups is 2. The average Bonchev–Trinajstić information content (AvgIpc) is 2.29. The van der Waals surface area contributed by atoms with Crippen LogP contribution in [0.15, 0.2) is 0 Å². The number of carboxylic acids is 1. The fraction of sp³-hybridized carbons (Fsp3) is 0.667. The van der Waals surface area contributed by atoms with E-state index in [1.54, 1.807) is 4.90 Å². The number of thioether (sulfide) groups is 1. The van der Waals surface area contributed by atoms with Gasteiger partial charge in [-0.15, -0.1) is 0 Å². The second kappa shape index (κ2) is 2.55. The van der Waals surface area contributed by atoms with Gasteiger partial charge in [0, 0.05) is 0 Å². The first-order chi connectivity index (χ1) is 6.99. The van der Waals surface area contributed by atoms with Gasteiger partial charge < -0.3 is 5.11 Å². The van der Waals surface area contributed by atoms with Crippen LogP contribution in [0.2, 0.25) is 0 Å². The van der Waals surface area contributed by atoms with Crippen LogP contribution in [0, 0.1) is 5.41 Å². The standard InChI is InChI=1S/C9H9NO3S2/c11-5-1-15-7(14)10(5)9-2-8(3-9,4-9)6(12)13/h1-4H2,(H,12,13). The summed E-state index contributed by atoms with van der Waals surface area (Å²) in [5.41, 5.74) is -0.765. The largest absolute Gasteiger partial charge is 0.481 e. The number of amides is 1. The molecule has 0 aromatic heterocycles. The lowest BCUT2D eigenvalue weighted by molar-refractivity contribution is -0.217. The van der Waals surface area contributed by atoms with Crippen molar-refractivity contribution in [3.63, 3.8) is 0 Å². The van der Waals surface area contributed by atoms with Crippen molar-refractivity contribution in [3.05, 3.63) is 0 Å². The summed E-state index contributed by atoms with van der Waals surface area (Å²) in [5.74, 6) is -0.265. The molecule has 4 fully saturated rings. The monoisotopic (exact) mass is 243 g/mol. The van der Waals surface area contributed by atoms with Gasteiger partial charge in [0.25, 0.3) is 0 Å². The van der Waals surface area contributed by atoms with E-state index in [1.165, 1.54) is 11.8 Å². The molecule has 0 radical (unpaired) electrons. The molecule has 6 heteroatoms. The first-order valence-corrected chi connectivity index (χ1v) is 6.12. The van der Waals surface area contributed by atoms with Crippen molar-refractivity contribution in [2.45, 2.75) is 24.8 Å². The van der Waals surface area contributed by atoms with Gasteiger partial charge in [-0.05, 0) is 19.3 Å². The smallest absolute Gasteiger partial charge is 0.309 e. The van der Waals surface area contributed by atoms with Crippen molar-refractivity contribution in [1.82, 2.24) is 4.90 Å². The fourth-order valence-electron chi connectivity index (χ4n) is 3.01. The molecular formula is C9H9NO3S2. The summed E-state index contributed by atoms with van der Waals surface area (Å²) in [7, 11) is 0. The number of hydrogen-bond donors (Lipinski definition) is 1. The van der Waals surface area contributed by atoms with Crippen molar-refractivity contribution in [2.24, 2.45) is 5.41 Å². The van der Waals surface area contributed by atoms with Gasteiger partial charge in [0.2, 0.25) is 5.91 Å². The van der Waals surface area contributed by atoms with Gasteiger partial charge in [-0.25, -0.2) is 0 Å². The third kappa shape index (κ3) is 0.965. The summed E-state index contributed by atoms with van der Waals surface area (Å²) in [4.78, 5) is 24.2. The minimum absolute atomic E-state index is 0.0451. The van der Waals surface area contributed by atoms with Crippen LogP contribution in [0.1, 0.15) is 19.3 Å². The maximum absolute atomic E-state index is 11.6. The minimum atomic E-state index is -0.727. The first kappa shape index (κ1) is 9.59. The van der Waals surface area contributed by atoms with E-state index in [2.05, 4.69) is 0 Å². The zero-order valence-corrected chi connectivity index (χ0v) is 9.49. The Morgan fingerprint density at radius 3 is 2.47 bits per heavy atom. The van der Waals surface area contributed by atoms with Crippen LogP contribution in [-0.2, 0) is 9.59 Å². The lowest BCUT2D eigenvalue weighted by Crippen LogP contribution is -2.77. The van der Waals surface area contributed by atoms with E-state index in [9.17, 15) is 9.59 Å². The molecule has 3 aliphatic carbocycles. The summed E-state index contributed by atoms with van der Waals surface area (Å²) in [6.45, 7) is 0. The molecule has 1 N–H and O–H groups in total. The third-order valence-electron chi connectivity index (χ3n) is 3.68. The molecule has 1 saturated heterocycles. The van der Waals surface area contributed by atoms with Crippen LogP contribution >= 0.6 is 24.0 Å². The highest BCUT2D eigenvalue weighted by atomic mass is 32.2. The van der Waals surface area contributed by atoms with Crippen molar-refractivity contribution >= 4 is 40.2 Å². The molecule has 4 rings (SSSR count). The predicted octanol–water partition coefficient (Wildman–Crippen LogP) is 0.854. The summed E-state index contributed by atoms with van der Waals surface area (Å²) >= 11 is 6.50. The summed E-state index contributed by atoms with van der Waals surface area (Å²) < 4.78 is 0.624. The molecule has 1 aliphatic heterocycles. The Bertz CT molecular complexity index is 370. The molecule has 1 heterocycles. The van der Waals surface area contributed by atoms with Gasteiger partial charge >= 0.3 is 5.97 Å². The highest BCUT2D eigenvalue weighted by Gasteiger charge is 2.75. The van der Waals surface area contributed by atoms with Gasteiger partial charge in [-0.2, -0.15) is 0 Å². The van der Waals surface area contributed by atoms with E-state index in [1.807, 2.05) is 0 Å². The van der Waals surface area contributed by atoms with Crippen LogP contribution in [0.3, 0.4) is 0 Å². The number of carbonyl (C=O) groups excluding carboxylic acids is 1. The van der Waals surface area contributed by atoms with Crippen molar-refractivity contribution in [2.75, 3.05) is 5.75 Å². The fourth-order valence-corrected chi connectivity index (χ4v) is 4.28. The van der Waals surface area contributed by atoms with Crippen LogP contribution in [0.5, 0.6) is 0 Å².